The van der Waals surface area contributed by atoms with E-state index >= 15 is 0 Å². The Labute approximate surface area is 153 Å². The van der Waals surface area contributed by atoms with Crippen LogP contribution in [-0.2, 0) is 14.4 Å². The third-order valence-electron chi connectivity index (χ3n) is 5.13. The molecule has 1 heterocycles. The average Bonchev–Trinajstić information content (AvgIpc) is 3.52. The number of nitrogens with one attached hydrogen (secondary N) is 1. The van der Waals surface area contributed by atoms with Crippen molar-refractivity contribution in [3.8, 4) is 0 Å². The minimum atomic E-state index is -0.0948. The maximum atomic E-state index is 12.4. The zero-order valence-electron chi connectivity index (χ0n) is 15.1. The number of rotatable bonds is 5. The lowest BCUT2D eigenvalue weighted by molar-refractivity contribution is -0.130. The summed E-state index contributed by atoms with van der Waals surface area (Å²) in [6.45, 7) is 4.65. The molecule has 3 rings (SSSR count). The number of hydrogen-bond acceptors (Lipinski definition) is 3. The van der Waals surface area contributed by atoms with Crippen molar-refractivity contribution >= 4 is 29.1 Å². The zero-order chi connectivity index (χ0) is 18.7. The molecule has 6 nitrogen and oxygen atoms in total. The summed E-state index contributed by atoms with van der Waals surface area (Å²) in [4.78, 5) is 39.5. The van der Waals surface area contributed by atoms with Gasteiger partial charge in [0.1, 0.15) is 0 Å². The number of nitrogens with zero attached hydrogens (tertiary/aromatic N) is 2. The Bertz CT molecular complexity index is 702. The minimum Gasteiger partial charge on any atom is -0.339 e. The van der Waals surface area contributed by atoms with E-state index in [1.54, 1.807) is 16.8 Å². The van der Waals surface area contributed by atoms with E-state index < -0.39 is 0 Å². The number of likely N-dealkylation sites (tertiary alicyclic amines) is 1. The van der Waals surface area contributed by atoms with Crippen LogP contribution in [0.4, 0.5) is 11.4 Å². The molecule has 3 amide bonds. The first-order valence-electron chi connectivity index (χ1n) is 9.09. The van der Waals surface area contributed by atoms with Crippen molar-refractivity contribution in [1.82, 2.24) is 4.90 Å². The van der Waals surface area contributed by atoms with Crippen molar-refractivity contribution in [3.05, 3.63) is 36.9 Å². The molecule has 26 heavy (non-hydrogen) atoms. The van der Waals surface area contributed by atoms with Crippen LogP contribution in [0.1, 0.15) is 25.7 Å². The van der Waals surface area contributed by atoms with Gasteiger partial charge in [-0.2, -0.15) is 0 Å². The number of piperidine rings is 1. The van der Waals surface area contributed by atoms with E-state index in [4.69, 9.17) is 0 Å². The molecule has 0 bridgehead atoms. The molecule has 1 N–H and O–H groups in total. The quantitative estimate of drug-likeness (QED) is 0.825. The van der Waals surface area contributed by atoms with Gasteiger partial charge in [-0.3, -0.25) is 14.4 Å². The smallest absolute Gasteiger partial charge is 0.245 e. The van der Waals surface area contributed by atoms with E-state index in [-0.39, 0.29) is 29.6 Å². The van der Waals surface area contributed by atoms with Gasteiger partial charge in [0.25, 0.3) is 0 Å². The van der Waals surface area contributed by atoms with E-state index in [2.05, 4.69) is 11.9 Å². The predicted octanol–water partition coefficient (Wildman–Crippen LogP) is 2.42. The maximum absolute atomic E-state index is 12.4. The Morgan fingerprint density at radius 1 is 1.08 bits per heavy atom. The highest BCUT2D eigenvalue weighted by Gasteiger charge is 2.32. The molecule has 0 unspecified atom stereocenters. The molecular formula is C20H25N3O3. The standard InChI is InChI=1S/C20H25N3O3/c1-3-18(24)23-12-10-14(11-13-23)19(25)21-16-6-8-17(9-7-16)22(2)20(26)15-4-5-15/h3,6-9,14-15H,1,4-5,10-13H2,2H3,(H,21,25). The monoisotopic (exact) mass is 355 g/mol. The molecule has 1 aromatic rings. The van der Waals surface area contributed by atoms with Crippen LogP contribution < -0.4 is 10.2 Å². The van der Waals surface area contributed by atoms with Crippen LogP contribution in [-0.4, -0.2) is 42.8 Å². The second kappa shape index (κ2) is 7.72. The van der Waals surface area contributed by atoms with Crippen LogP contribution in [0.5, 0.6) is 0 Å². The molecule has 6 heteroatoms. The van der Waals surface area contributed by atoms with Gasteiger partial charge in [-0.25, -0.2) is 0 Å². The summed E-state index contributed by atoms with van der Waals surface area (Å²) < 4.78 is 0. The Balaban J connectivity index is 1.52. The van der Waals surface area contributed by atoms with Gasteiger partial charge < -0.3 is 15.1 Å². The highest BCUT2D eigenvalue weighted by molar-refractivity contribution is 5.97. The lowest BCUT2D eigenvalue weighted by atomic mass is 9.95. The zero-order valence-corrected chi connectivity index (χ0v) is 15.1. The van der Waals surface area contributed by atoms with Crippen molar-refractivity contribution in [3.63, 3.8) is 0 Å². The van der Waals surface area contributed by atoms with Crippen LogP contribution in [0.25, 0.3) is 0 Å². The number of anilines is 2. The summed E-state index contributed by atoms with van der Waals surface area (Å²) in [7, 11) is 1.78. The normalized spacial score (nSPS) is 17.5. The summed E-state index contributed by atoms with van der Waals surface area (Å²) >= 11 is 0. The SMILES string of the molecule is C=CC(=O)N1CCC(C(=O)Nc2ccc(N(C)C(=O)C3CC3)cc2)CC1. The number of carbonyl (C=O) groups excluding carboxylic acids is 3. The summed E-state index contributed by atoms with van der Waals surface area (Å²) in [6.07, 6.45) is 4.58. The fourth-order valence-electron chi connectivity index (χ4n) is 3.24. The first-order valence-corrected chi connectivity index (χ1v) is 9.09. The van der Waals surface area contributed by atoms with Crippen molar-refractivity contribution < 1.29 is 14.4 Å². The minimum absolute atomic E-state index is 0.0223. The van der Waals surface area contributed by atoms with Crippen LogP contribution in [0.2, 0.25) is 0 Å². The van der Waals surface area contributed by atoms with E-state index in [0.29, 0.717) is 25.9 Å². The lowest BCUT2D eigenvalue weighted by Gasteiger charge is -2.30. The highest BCUT2D eigenvalue weighted by Crippen LogP contribution is 2.32. The van der Waals surface area contributed by atoms with Crippen molar-refractivity contribution in [2.75, 3.05) is 30.4 Å². The second-order valence-corrected chi connectivity index (χ2v) is 7.01. The van der Waals surface area contributed by atoms with E-state index in [1.807, 2.05) is 24.3 Å². The summed E-state index contributed by atoms with van der Waals surface area (Å²) in [6, 6.07) is 7.34. The van der Waals surface area contributed by atoms with Gasteiger partial charge in [-0.1, -0.05) is 6.58 Å². The molecule has 2 aliphatic rings. The van der Waals surface area contributed by atoms with E-state index in [1.165, 1.54) is 6.08 Å². The van der Waals surface area contributed by atoms with E-state index in [0.717, 1.165) is 24.2 Å². The highest BCUT2D eigenvalue weighted by atomic mass is 16.2. The molecular weight excluding hydrogens is 330 g/mol. The molecule has 0 atom stereocenters. The largest absolute Gasteiger partial charge is 0.339 e. The molecule has 138 valence electrons. The number of hydrogen-bond donors (Lipinski definition) is 1. The molecule has 1 aliphatic carbocycles. The summed E-state index contributed by atoms with van der Waals surface area (Å²) in [5.41, 5.74) is 1.55. The first kappa shape index (κ1) is 18.2. The third kappa shape index (κ3) is 4.12. The third-order valence-corrected chi connectivity index (χ3v) is 5.13. The van der Waals surface area contributed by atoms with Gasteiger partial charge in [0.05, 0.1) is 0 Å². The van der Waals surface area contributed by atoms with Gasteiger partial charge in [0.2, 0.25) is 17.7 Å². The van der Waals surface area contributed by atoms with Gasteiger partial charge in [-0.05, 0) is 56.0 Å². The molecule has 0 spiro atoms. The number of amides is 3. The number of benzene rings is 1. The average molecular weight is 355 g/mol. The Morgan fingerprint density at radius 3 is 2.23 bits per heavy atom. The topological polar surface area (TPSA) is 69.7 Å². The fraction of sp³-hybridized carbons (Fsp3) is 0.450. The van der Waals surface area contributed by atoms with Crippen molar-refractivity contribution in [2.45, 2.75) is 25.7 Å². The van der Waals surface area contributed by atoms with Crippen molar-refractivity contribution in [1.29, 1.82) is 0 Å². The molecule has 0 radical (unpaired) electrons. The van der Waals surface area contributed by atoms with Gasteiger partial charge in [0, 0.05) is 43.3 Å². The Hall–Kier alpha value is -2.63. The van der Waals surface area contributed by atoms with Crippen LogP contribution >= 0.6 is 0 Å². The van der Waals surface area contributed by atoms with Crippen molar-refractivity contribution in [2.24, 2.45) is 11.8 Å². The fourth-order valence-corrected chi connectivity index (χ4v) is 3.24. The Kier molecular flexibility index (Phi) is 5.40. The number of carbonyl (C=O) groups is 3. The predicted molar refractivity (Wildman–Crippen MR) is 101 cm³/mol. The van der Waals surface area contributed by atoms with Gasteiger partial charge in [0.15, 0.2) is 0 Å². The first-order chi connectivity index (χ1) is 12.5. The molecule has 2 fully saturated rings. The Morgan fingerprint density at radius 2 is 1.69 bits per heavy atom. The molecule has 0 aromatic heterocycles. The van der Waals surface area contributed by atoms with Gasteiger partial charge >= 0.3 is 0 Å². The van der Waals surface area contributed by atoms with Crippen LogP contribution in [0.15, 0.2) is 36.9 Å². The van der Waals surface area contributed by atoms with Gasteiger partial charge in [-0.15, -0.1) is 0 Å². The van der Waals surface area contributed by atoms with Crippen LogP contribution in [0, 0.1) is 11.8 Å². The summed E-state index contributed by atoms with van der Waals surface area (Å²) in [5.74, 6) is 0.138. The van der Waals surface area contributed by atoms with Crippen LogP contribution in [0.3, 0.4) is 0 Å². The van der Waals surface area contributed by atoms with E-state index in [9.17, 15) is 14.4 Å². The second-order valence-electron chi connectivity index (χ2n) is 7.01. The lowest BCUT2D eigenvalue weighted by Crippen LogP contribution is -2.40. The maximum Gasteiger partial charge on any atom is 0.245 e. The summed E-state index contributed by atoms with van der Waals surface area (Å²) in [5, 5.41) is 2.93. The molecule has 1 aromatic carbocycles. The molecule has 1 saturated carbocycles. The molecule has 1 aliphatic heterocycles. The molecule has 1 saturated heterocycles.